The van der Waals surface area contributed by atoms with Crippen LogP contribution in [0.5, 0.6) is 0 Å². The molecule has 200 valence electrons. The molecule has 2 aromatic carbocycles. The Kier molecular flexibility index (Phi) is 8.04. The zero-order valence-corrected chi connectivity index (χ0v) is 22.1. The molecule has 1 fully saturated rings. The Hall–Kier alpha value is -2.92. The third kappa shape index (κ3) is 5.18. The van der Waals surface area contributed by atoms with Crippen LogP contribution in [0.3, 0.4) is 0 Å². The van der Waals surface area contributed by atoms with Crippen LogP contribution in [-0.4, -0.2) is 32.1 Å². The van der Waals surface area contributed by atoms with Gasteiger partial charge in [-0.3, -0.25) is 9.57 Å². The van der Waals surface area contributed by atoms with Gasteiger partial charge in [-0.05, 0) is 56.5 Å². The van der Waals surface area contributed by atoms with Gasteiger partial charge in [0.1, 0.15) is 0 Å². The highest BCUT2D eigenvalue weighted by molar-refractivity contribution is 7.99. The molecule has 2 aromatic heterocycles. The molecule has 2 heterocycles. The van der Waals surface area contributed by atoms with Gasteiger partial charge in [0.25, 0.3) is 0 Å². The van der Waals surface area contributed by atoms with E-state index in [1.54, 1.807) is 12.3 Å². The third-order valence-corrected chi connectivity index (χ3v) is 8.13. The van der Waals surface area contributed by atoms with E-state index in [2.05, 4.69) is 9.99 Å². The first-order valence-electron chi connectivity index (χ1n) is 12.5. The highest BCUT2D eigenvalue weighted by atomic mass is 35.5. The highest BCUT2D eigenvalue weighted by Crippen LogP contribution is 2.51. The fourth-order valence-electron chi connectivity index (χ4n) is 4.67. The van der Waals surface area contributed by atoms with Gasteiger partial charge in [-0.15, -0.1) is 0 Å². The van der Waals surface area contributed by atoms with Crippen LogP contribution in [0.1, 0.15) is 60.5 Å². The summed E-state index contributed by atoms with van der Waals surface area (Å²) in [6, 6.07) is 7.49. The first kappa shape index (κ1) is 26.7. The molecule has 38 heavy (non-hydrogen) atoms. The molecule has 5 rings (SSSR count). The van der Waals surface area contributed by atoms with Gasteiger partial charge in [0.05, 0.1) is 28.0 Å². The molecule has 0 unspecified atom stereocenters. The first-order chi connectivity index (χ1) is 18.4. The number of halogens is 3. The zero-order chi connectivity index (χ0) is 26.8. The highest BCUT2D eigenvalue weighted by Gasteiger charge is 2.35. The fraction of sp³-hybridized carbons (Fsp3) is 0.333. The molecule has 1 aliphatic carbocycles. The van der Waals surface area contributed by atoms with Gasteiger partial charge < -0.3 is 10.3 Å². The van der Waals surface area contributed by atoms with Gasteiger partial charge in [0.2, 0.25) is 0 Å². The number of aryl methyl sites for hydroxylation is 1. The fourth-order valence-corrected chi connectivity index (χ4v) is 6.03. The van der Waals surface area contributed by atoms with Crippen molar-refractivity contribution in [3.8, 4) is 5.69 Å². The SMILES string of the molecule is NCCCCCCn1cc(-n2c(C3CC3)c(Sc3cccc(C(=O)OO)c3F)c3ccc(Cl)c(F)c32)cn1. The molecule has 1 aliphatic rings. The lowest BCUT2D eigenvalue weighted by Crippen LogP contribution is -2.05. The zero-order valence-electron chi connectivity index (χ0n) is 20.5. The molecule has 1 saturated carbocycles. The van der Waals surface area contributed by atoms with E-state index >= 15 is 8.78 Å². The summed E-state index contributed by atoms with van der Waals surface area (Å²) in [4.78, 5) is 16.4. The van der Waals surface area contributed by atoms with Crippen LogP contribution < -0.4 is 5.73 Å². The lowest BCUT2D eigenvalue weighted by Gasteiger charge is -2.11. The number of aromatic nitrogens is 3. The summed E-state index contributed by atoms with van der Waals surface area (Å²) < 4.78 is 34.6. The number of carbonyl (C=O) groups excluding carboxylic acids is 1. The van der Waals surface area contributed by atoms with Gasteiger partial charge in [0.15, 0.2) is 11.6 Å². The summed E-state index contributed by atoms with van der Waals surface area (Å²) in [6.07, 6.45) is 9.48. The standard InChI is InChI=1S/C27H27ClF2N4O3S/c28-20-11-10-19-25(23(20)30)34(17-14-32-33(15-17)13-4-2-1-3-12-31)24(16-8-9-16)26(19)38-21-7-5-6-18(22(21)29)27(35)37-36/h5-7,10-11,14-16,36H,1-4,8-9,12-13,31H2. The van der Waals surface area contributed by atoms with E-state index in [1.165, 1.54) is 24.3 Å². The average Bonchev–Trinajstić information content (AvgIpc) is 3.56. The van der Waals surface area contributed by atoms with E-state index in [4.69, 9.17) is 22.6 Å². The Morgan fingerprint density at radius 2 is 1.95 bits per heavy atom. The molecular weight excluding hydrogens is 534 g/mol. The minimum atomic E-state index is -1.19. The van der Waals surface area contributed by atoms with Crippen molar-refractivity contribution in [3.63, 3.8) is 0 Å². The topological polar surface area (TPSA) is 95.3 Å². The lowest BCUT2D eigenvalue weighted by atomic mass is 10.2. The monoisotopic (exact) mass is 560 g/mol. The maximum absolute atomic E-state index is 15.6. The minimum absolute atomic E-state index is 0.0127. The number of benzene rings is 2. The summed E-state index contributed by atoms with van der Waals surface area (Å²) in [7, 11) is 0. The molecule has 4 aromatic rings. The predicted molar refractivity (Wildman–Crippen MR) is 142 cm³/mol. The summed E-state index contributed by atoms with van der Waals surface area (Å²) in [5.74, 6) is -2.43. The second kappa shape index (κ2) is 11.4. The van der Waals surface area contributed by atoms with Crippen molar-refractivity contribution in [3.05, 3.63) is 70.6 Å². The first-order valence-corrected chi connectivity index (χ1v) is 13.7. The summed E-state index contributed by atoms with van der Waals surface area (Å²) in [6.45, 7) is 1.41. The number of unbranched alkanes of at least 4 members (excludes halogenated alkanes) is 3. The number of hydrogen-bond acceptors (Lipinski definition) is 6. The predicted octanol–water partition coefficient (Wildman–Crippen LogP) is 6.94. The molecule has 3 N–H and O–H groups in total. The number of nitrogens with two attached hydrogens (primary N) is 1. The van der Waals surface area contributed by atoms with Crippen molar-refractivity contribution in [2.45, 2.75) is 60.8 Å². The van der Waals surface area contributed by atoms with Crippen molar-refractivity contribution in [2.75, 3.05) is 6.54 Å². The minimum Gasteiger partial charge on any atom is -0.330 e. The molecule has 0 saturated heterocycles. The summed E-state index contributed by atoms with van der Waals surface area (Å²) in [5.41, 5.74) is 7.03. The van der Waals surface area contributed by atoms with Gasteiger partial charge in [0, 0.05) is 39.5 Å². The van der Waals surface area contributed by atoms with Crippen LogP contribution in [0.25, 0.3) is 16.6 Å². The Balaban J connectivity index is 1.60. The molecule has 0 spiro atoms. The largest absolute Gasteiger partial charge is 0.375 e. The molecular formula is C27H27ClF2N4O3S. The number of nitrogens with zero attached hydrogens (tertiary/aromatic N) is 3. The van der Waals surface area contributed by atoms with E-state index in [0.717, 1.165) is 62.5 Å². The quantitative estimate of drug-likeness (QED) is 0.117. The van der Waals surface area contributed by atoms with Gasteiger partial charge in [-0.2, -0.15) is 10.4 Å². The van der Waals surface area contributed by atoms with Crippen LogP contribution in [0.4, 0.5) is 8.78 Å². The number of rotatable bonds is 11. The van der Waals surface area contributed by atoms with Crippen LogP contribution in [-0.2, 0) is 11.4 Å². The van der Waals surface area contributed by atoms with Crippen LogP contribution >= 0.6 is 23.4 Å². The molecule has 0 amide bonds. The molecule has 0 bridgehead atoms. The average molecular weight is 561 g/mol. The second-order valence-electron chi connectivity index (χ2n) is 9.34. The molecule has 0 aliphatic heterocycles. The van der Waals surface area contributed by atoms with Crippen molar-refractivity contribution in [1.29, 1.82) is 0 Å². The Bertz CT molecular complexity index is 1490. The van der Waals surface area contributed by atoms with E-state index in [1.807, 2.05) is 15.4 Å². The smallest absolute Gasteiger partial charge is 0.330 e. The van der Waals surface area contributed by atoms with Gasteiger partial charge >= 0.3 is 5.97 Å². The van der Waals surface area contributed by atoms with Gasteiger partial charge in [-0.25, -0.2) is 13.6 Å². The number of fused-ring (bicyclic) bond motifs is 1. The van der Waals surface area contributed by atoms with Gasteiger partial charge in [-0.1, -0.05) is 42.3 Å². The van der Waals surface area contributed by atoms with Crippen molar-refractivity contribution in [1.82, 2.24) is 14.3 Å². The van der Waals surface area contributed by atoms with Crippen molar-refractivity contribution in [2.24, 2.45) is 5.73 Å². The Morgan fingerprint density at radius 3 is 2.68 bits per heavy atom. The van der Waals surface area contributed by atoms with E-state index in [-0.39, 0.29) is 15.8 Å². The maximum Gasteiger partial charge on any atom is 0.375 e. The Labute approximate surface area is 227 Å². The van der Waals surface area contributed by atoms with Crippen LogP contribution in [0.15, 0.2) is 52.5 Å². The van der Waals surface area contributed by atoms with E-state index in [9.17, 15) is 4.79 Å². The number of hydrogen-bond donors (Lipinski definition) is 2. The van der Waals surface area contributed by atoms with E-state index in [0.29, 0.717) is 28.0 Å². The maximum atomic E-state index is 15.6. The second-order valence-corrected chi connectivity index (χ2v) is 10.8. The van der Waals surface area contributed by atoms with Crippen molar-refractivity contribution < 1.29 is 23.7 Å². The van der Waals surface area contributed by atoms with E-state index < -0.39 is 23.2 Å². The van der Waals surface area contributed by atoms with Crippen molar-refractivity contribution >= 4 is 40.2 Å². The molecule has 7 nitrogen and oxygen atoms in total. The summed E-state index contributed by atoms with van der Waals surface area (Å²) in [5, 5.41) is 13.8. The molecule has 11 heteroatoms. The summed E-state index contributed by atoms with van der Waals surface area (Å²) >= 11 is 7.32. The van der Waals surface area contributed by atoms with Crippen LogP contribution in [0, 0.1) is 11.6 Å². The molecule has 0 radical (unpaired) electrons. The third-order valence-electron chi connectivity index (χ3n) is 6.67. The lowest BCUT2D eigenvalue weighted by molar-refractivity contribution is -0.183. The number of carbonyl (C=O) groups is 1. The normalized spacial score (nSPS) is 13.4. The molecule has 0 atom stereocenters. The van der Waals surface area contributed by atoms with Crippen LogP contribution in [0.2, 0.25) is 5.02 Å². The Morgan fingerprint density at radius 1 is 1.16 bits per heavy atom.